The van der Waals surface area contributed by atoms with Crippen LogP contribution in [0.2, 0.25) is 0 Å². The third-order valence-corrected chi connectivity index (χ3v) is 1.09. The fourth-order valence-electron chi connectivity index (χ4n) is 0.581. The van der Waals surface area contributed by atoms with Gasteiger partial charge in [-0.05, 0) is 0 Å². The first-order chi connectivity index (χ1) is 5.16. The summed E-state index contributed by atoms with van der Waals surface area (Å²) in [5, 5.41) is 22.4. The van der Waals surface area contributed by atoms with Gasteiger partial charge >= 0.3 is 5.97 Å². The Morgan fingerprint density at radius 2 is 2.27 bits per heavy atom. The van der Waals surface area contributed by atoms with Gasteiger partial charge in [-0.25, -0.2) is 4.79 Å². The van der Waals surface area contributed by atoms with E-state index in [1.54, 1.807) is 0 Å². The van der Waals surface area contributed by atoms with E-state index < -0.39 is 17.4 Å². The van der Waals surface area contributed by atoms with Crippen molar-refractivity contribution in [3.63, 3.8) is 0 Å². The number of rotatable bonds is 2. The van der Waals surface area contributed by atoms with Gasteiger partial charge in [-0.15, -0.1) is 0 Å². The molecule has 1 aromatic rings. The Hall–Kier alpha value is -1.85. The van der Waals surface area contributed by atoms with Crippen LogP contribution < -0.4 is 0 Å². The third kappa shape index (κ3) is 1.05. The van der Waals surface area contributed by atoms with Crippen LogP contribution in [0.5, 0.6) is 5.75 Å². The number of aromatic carboxylic acids is 1. The number of aromatic nitrogens is 2. The lowest BCUT2D eigenvalue weighted by molar-refractivity contribution is 0.0687. The number of aromatic hydroxyl groups is 1. The van der Waals surface area contributed by atoms with Gasteiger partial charge in [-0.2, -0.15) is 5.10 Å². The molecule has 0 saturated heterocycles. The van der Waals surface area contributed by atoms with Gasteiger partial charge in [0, 0.05) is 0 Å². The van der Waals surface area contributed by atoms with E-state index in [0.717, 1.165) is 0 Å². The number of aldehydes is 1. The molecule has 58 valence electrons. The molecule has 6 nitrogen and oxygen atoms in total. The number of aromatic amines is 1. The second-order valence-electron chi connectivity index (χ2n) is 1.76. The largest absolute Gasteiger partial charge is 0.504 e. The van der Waals surface area contributed by atoms with E-state index in [-0.39, 0.29) is 12.0 Å². The van der Waals surface area contributed by atoms with Crippen molar-refractivity contribution >= 4 is 12.3 Å². The lowest BCUT2D eigenvalue weighted by Gasteiger charge is -1.85. The van der Waals surface area contributed by atoms with Crippen molar-refractivity contribution in [2.24, 2.45) is 0 Å². The summed E-state index contributed by atoms with van der Waals surface area (Å²) in [6, 6.07) is 0. The molecule has 0 atom stereocenters. The molecule has 0 aliphatic rings. The molecule has 1 heterocycles. The maximum atomic E-state index is 10.2. The normalized spacial score (nSPS) is 9.45. The van der Waals surface area contributed by atoms with Crippen LogP contribution in [0.25, 0.3) is 0 Å². The summed E-state index contributed by atoms with van der Waals surface area (Å²) < 4.78 is 0. The van der Waals surface area contributed by atoms with Gasteiger partial charge in [0.25, 0.3) is 0 Å². The molecule has 0 saturated carbocycles. The molecule has 0 radical (unpaired) electrons. The number of carboxylic acids is 1. The summed E-state index contributed by atoms with van der Waals surface area (Å²) >= 11 is 0. The molecular formula is C5H4N2O4. The highest BCUT2D eigenvalue weighted by Crippen LogP contribution is 2.16. The fraction of sp³-hybridized carbons (Fsp3) is 0. The van der Waals surface area contributed by atoms with Gasteiger partial charge < -0.3 is 10.2 Å². The molecule has 0 aliphatic carbocycles. The van der Waals surface area contributed by atoms with Gasteiger partial charge in [0.1, 0.15) is 5.69 Å². The average Bonchev–Trinajstić information content (AvgIpc) is 2.30. The minimum atomic E-state index is -1.38. The molecule has 1 aromatic heterocycles. The molecule has 0 aliphatic heterocycles. The van der Waals surface area contributed by atoms with E-state index in [2.05, 4.69) is 10.2 Å². The van der Waals surface area contributed by atoms with E-state index in [1.807, 2.05) is 0 Å². The lowest BCUT2D eigenvalue weighted by atomic mass is 10.3. The first-order valence-electron chi connectivity index (χ1n) is 2.62. The van der Waals surface area contributed by atoms with Crippen LogP contribution in [-0.4, -0.2) is 32.7 Å². The molecule has 11 heavy (non-hydrogen) atoms. The Balaban J connectivity index is 3.20. The zero-order chi connectivity index (χ0) is 8.43. The van der Waals surface area contributed by atoms with Gasteiger partial charge in [-0.3, -0.25) is 9.89 Å². The molecule has 3 N–H and O–H groups in total. The Morgan fingerprint density at radius 1 is 1.64 bits per heavy atom. The highest BCUT2D eigenvalue weighted by Gasteiger charge is 2.16. The number of carboxylic acid groups (broad SMARTS) is 1. The van der Waals surface area contributed by atoms with Crippen LogP contribution in [0.4, 0.5) is 0 Å². The summed E-state index contributed by atoms with van der Waals surface area (Å²) in [6.45, 7) is 0. The zero-order valence-electron chi connectivity index (χ0n) is 5.24. The second-order valence-corrected chi connectivity index (χ2v) is 1.76. The topological polar surface area (TPSA) is 103 Å². The van der Waals surface area contributed by atoms with Crippen LogP contribution in [0.15, 0.2) is 0 Å². The first kappa shape index (κ1) is 7.26. The van der Waals surface area contributed by atoms with Crippen molar-refractivity contribution in [2.75, 3.05) is 0 Å². The van der Waals surface area contributed by atoms with Crippen LogP contribution in [0, 0.1) is 0 Å². The monoisotopic (exact) mass is 156 g/mol. The molecule has 0 unspecified atom stereocenters. The van der Waals surface area contributed by atoms with Crippen LogP contribution in [0.1, 0.15) is 21.0 Å². The van der Waals surface area contributed by atoms with Crippen molar-refractivity contribution in [2.45, 2.75) is 0 Å². The summed E-state index contributed by atoms with van der Waals surface area (Å²) in [7, 11) is 0. The lowest BCUT2D eigenvalue weighted by Crippen LogP contribution is -1.96. The Kier molecular flexibility index (Phi) is 1.59. The number of carbonyl (C=O) groups excluding carboxylic acids is 1. The number of carbonyl (C=O) groups is 2. The molecule has 0 amide bonds. The highest BCUT2D eigenvalue weighted by atomic mass is 16.4. The standard InChI is InChI=1S/C5H4N2O4/c8-1-2-4(9)3(5(10)11)7-6-2/h1,9H,(H,6,7)(H,10,11). The second kappa shape index (κ2) is 2.41. The quantitative estimate of drug-likeness (QED) is 0.506. The van der Waals surface area contributed by atoms with Crippen LogP contribution >= 0.6 is 0 Å². The minimum Gasteiger partial charge on any atom is -0.504 e. The van der Waals surface area contributed by atoms with Gasteiger partial charge in [0.05, 0.1) is 0 Å². The molecule has 0 bridgehead atoms. The SMILES string of the molecule is O=Cc1[nH]nc(C(=O)O)c1O. The van der Waals surface area contributed by atoms with Crippen molar-refractivity contribution in [1.82, 2.24) is 10.2 Å². The van der Waals surface area contributed by atoms with Gasteiger partial charge in [0.15, 0.2) is 12.0 Å². The van der Waals surface area contributed by atoms with Crippen LogP contribution in [0.3, 0.4) is 0 Å². The van der Waals surface area contributed by atoms with Crippen molar-refractivity contribution in [3.05, 3.63) is 11.4 Å². The van der Waals surface area contributed by atoms with Crippen molar-refractivity contribution in [1.29, 1.82) is 0 Å². The molecule has 0 aromatic carbocycles. The number of hydrogen-bond acceptors (Lipinski definition) is 4. The Bertz CT molecular complexity index is 303. The molecular weight excluding hydrogens is 152 g/mol. The predicted molar refractivity (Wildman–Crippen MR) is 32.6 cm³/mol. The number of nitrogens with one attached hydrogen (secondary N) is 1. The van der Waals surface area contributed by atoms with Crippen LogP contribution in [-0.2, 0) is 0 Å². The number of H-pyrrole nitrogens is 1. The molecule has 6 heteroatoms. The first-order valence-corrected chi connectivity index (χ1v) is 2.62. The molecule has 0 fully saturated rings. The maximum absolute atomic E-state index is 10.2. The predicted octanol–water partition coefficient (Wildman–Crippen LogP) is -0.374. The van der Waals surface area contributed by atoms with Crippen molar-refractivity contribution in [3.8, 4) is 5.75 Å². The van der Waals surface area contributed by atoms with E-state index in [4.69, 9.17) is 10.2 Å². The molecule has 1 rings (SSSR count). The van der Waals surface area contributed by atoms with Crippen molar-refractivity contribution < 1.29 is 19.8 Å². The zero-order valence-corrected chi connectivity index (χ0v) is 5.24. The number of hydrogen-bond donors (Lipinski definition) is 3. The van der Waals surface area contributed by atoms with E-state index >= 15 is 0 Å². The summed E-state index contributed by atoms with van der Waals surface area (Å²) in [4.78, 5) is 20.2. The van der Waals surface area contributed by atoms with Gasteiger partial charge in [0.2, 0.25) is 5.69 Å². The van der Waals surface area contributed by atoms with E-state index in [1.165, 1.54) is 0 Å². The smallest absolute Gasteiger partial charge is 0.360 e. The Morgan fingerprint density at radius 3 is 2.55 bits per heavy atom. The summed E-state index contributed by atoms with van der Waals surface area (Å²) in [5.41, 5.74) is -0.783. The highest BCUT2D eigenvalue weighted by molar-refractivity contribution is 5.92. The number of nitrogens with zero attached hydrogens (tertiary/aromatic N) is 1. The fourth-order valence-corrected chi connectivity index (χ4v) is 0.581. The summed E-state index contributed by atoms with van der Waals surface area (Å²) in [5.74, 6) is -2.01. The Labute approximate surface area is 60.5 Å². The maximum Gasteiger partial charge on any atom is 0.360 e. The van der Waals surface area contributed by atoms with Gasteiger partial charge in [-0.1, -0.05) is 0 Å². The van der Waals surface area contributed by atoms with E-state index in [9.17, 15) is 9.59 Å². The third-order valence-electron chi connectivity index (χ3n) is 1.09. The summed E-state index contributed by atoms with van der Waals surface area (Å²) in [6.07, 6.45) is 0.286. The molecule has 0 spiro atoms. The average molecular weight is 156 g/mol. The minimum absolute atomic E-state index is 0.234. The van der Waals surface area contributed by atoms with E-state index in [0.29, 0.717) is 0 Å².